The van der Waals surface area contributed by atoms with Crippen LogP contribution in [-0.2, 0) is 16.0 Å². The molecular formula is C19H20ClNO6. The van der Waals surface area contributed by atoms with Crippen molar-refractivity contribution in [3.8, 4) is 5.75 Å². The van der Waals surface area contributed by atoms with Gasteiger partial charge in [-0.25, -0.2) is 0 Å². The minimum atomic E-state index is -1.08. The second-order valence-corrected chi connectivity index (χ2v) is 6.76. The number of carboxylic acid groups (broad SMARTS) is 1. The van der Waals surface area contributed by atoms with Crippen LogP contribution >= 0.6 is 11.6 Å². The van der Waals surface area contributed by atoms with E-state index in [9.17, 15) is 9.59 Å². The van der Waals surface area contributed by atoms with E-state index in [1.165, 1.54) is 6.26 Å². The van der Waals surface area contributed by atoms with Crippen LogP contribution in [0.1, 0.15) is 34.5 Å². The summed E-state index contributed by atoms with van der Waals surface area (Å²) in [6.45, 7) is 2.78. The number of furan rings is 1. The number of ether oxygens (including phenoxy) is 2. The number of hydrogen-bond acceptors (Lipinski definition) is 5. The molecule has 1 aliphatic heterocycles. The number of aliphatic carboxylic acids is 1. The lowest BCUT2D eigenvalue weighted by molar-refractivity contribution is -0.136. The molecule has 27 heavy (non-hydrogen) atoms. The first kappa shape index (κ1) is 19.3. The van der Waals surface area contributed by atoms with Gasteiger partial charge < -0.3 is 24.3 Å². The maximum Gasteiger partial charge on any atom is 0.311 e. The zero-order chi connectivity index (χ0) is 19.4. The molecule has 8 heteroatoms. The van der Waals surface area contributed by atoms with Gasteiger partial charge in [0.1, 0.15) is 24.5 Å². The Morgan fingerprint density at radius 3 is 2.93 bits per heavy atom. The van der Waals surface area contributed by atoms with Gasteiger partial charge in [-0.1, -0.05) is 11.6 Å². The number of nitrogens with one attached hydrogen (secondary N) is 1. The molecule has 1 saturated heterocycles. The Labute approximate surface area is 161 Å². The zero-order valence-electron chi connectivity index (χ0n) is 14.8. The molecule has 1 aliphatic rings. The van der Waals surface area contributed by atoms with Gasteiger partial charge in [0.15, 0.2) is 0 Å². The Morgan fingerprint density at radius 2 is 2.22 bits per heavy atom. The fourth-order valence-corrected chi connectivity index (χ4v) is 3.11. The quantitative estimate of drug-likeness (QED) is 0.744. The van der Waals surface area contributed by atoms with Crippen LogP contribution in [-0.4, -0.2) is 36.3 Å². The van der Waals surface area contributed by atoms with Gasteiger partial charge in [0.25, 0.3) is 5.91 Å². The molecule has 0 saturated carbocycles. The first-order valence-electron chi connectivity index (χ1n) is 8.58. The van der Waals surface area contributed by atoms with Crippen molar-refractivity contribution >= 4 is 29.2 Å². The van der Waals surface area contributed by atoms with Crippen LogP contribution in [0.5, 0.6) is 5.75 Å². The van der Waals surface area contributed by atoms with E-state index >= 15 is 0 Å². The van der Waals surface area contributed by atoms with Crippen LogP contribution in [0.3, 0.4) is 0 Å². The summed E-state index contributed by atoms with van der Waals surface area (Å²) in [7, 11) is 0. The highest BCUT2D eigenvalue weighted by Crippen LogP contribution is 2.30. The Balaban J connectivity index is 1.78. The van der Waals surface area contributed by atoms with E-state index in [0.717, 1.165) is 19.4 Å². The number of anilines is 1. The lowest BCUT2D eigenvalue weighted by atomic mass is 10.1. The average molecular weight is 394 g/mol. The van der Waals surface area contributed by atoms with Crippen LogP contribution < -0.4 is 10.1 Å². The number of amides is 1. The van der Waals surface area contributed by atoms with Gasteiger partial charge in [0.05, 0.1) is 23.6 Å². The molecule has 1 aromatic heterocycles. The summed E-state index contributed by atoms with van der Waals surface area (Å²) in [6, 6.07) is 4.92. The second kappa shape index (κ2) is 8.45. The lowest BCUT2D eigenvalue weighted by Gasteiger charge is -2.15. The first-order chi connectivity index (χ1) is 12.9. The minimum absolute atomic E-state index is 0.0301. The van der Waals surface area contributed by atoms with Crippen LogP contribution in [0.15, 0.2) is 28.9 Å². The molecule has 0 bridgehead atoms. The Morgan fingerprint density at radius 1 is 1.41 bits per heavy atom. The smallest absolute Gasteiger partial charge is 0.311 e. The number of halogens is 1. The van der Waals surface area contributed by atoms with Crippen LogP contribution in [0.2, 0.25) is 5.02 Å². The van der Waals surface area contributed by atoms with E-state index in [1.807, 2.05) is 0 Å². The van der Waals surface area contributed by atoms with Gasteiger partial charge in [-0.3, -0.25) is 9.59 Å². The summed E-state index contributed by atoms with van der Waals surface area (Å²) in [5, 5.41) is 12.2. The zero-order valence-corrected chi connectivity index (χ0v) is 15.5. The molecule has 7 nitrogen and oxygen atoms in total. The second-order valence-electron chi connectivity index (χ2n) is 6.33. The normalized spacial score (nSPS) is 16.3. The monoisotopic (exact) mass is 393 g/mol. The number of carbonyl (C=O) groups is 2. The van der Waals surface area contributed by atoms with E-state index < -0.39 is 11.9 Å². The van der Waals surface area contributed by atoms with E-state index in [-0.39, 0.29) is 23.8 Å². The lowest BCUT2D eigenvalue weighted by Crippen LogP contribution is -2.19. The highest BCUT2D eigenvalue weighted by atomic mass is 35.5. The van der Waals surface area contributed by atoms with Gasteiger partial charge in [0.2, 0.25) is 0 Å². The summed E-state index contributed by atoms with van der Waals surface area (Å²) < 4.78 is 16.6. The molecule has 1 aromatic carbocycles. The fourth-order valence-electron chi connectivity index (χ4n) is 2.94. The Hall–Kier alpha value is -2.51. The molecule has 0 spiro atoms. The summed E-state index contributed by atoms with van der Waals surface area (Å²) in [5.74, 6) is -1.01. The number of aryl methyl sites for hydroxylation is 1. The third-order valence-electron chi connectivity index (χ3n) is 4.23. The highest BCUT2D eigenvalue weighted by Gasteiger charge is 2.22. The summed E-state index contributed by atoms with van der Waals surface area (Å²) in [5.41, 5.74) is 1.14. The number of carbonyl (C=O) groups excluding carboxylic acids is 1. The van der Waals surface area contributed by atoms with Gasteiger partial charge in [-0.05, 0) is 38.0 Å². The minimum Gasteiger partial charge on any atom is -0.489 e. The predicted molar refractivity (Wildman–Crippen MR) is 98.7 cm³/mol. The standard InChI is InChI=1S/C19H20ClNO6/c1-11-9-26-16(8-17(22)23)18(11)19(24)21-14-7-12(20)4-5-15(14)27-10-13-3-2-6-25-13/h4-5,7,9,13H,2-3,6,8,10H2,1H3,(H,21,24)(H,22,23). The third-order valence-corrected chi connectivity index (χ3v) is 4.46. The molecule has 1 atom stereocenters. The van der Waals surface area contributed by atoms with Crippen molar-refractivity contribution in [3.05, 3.63) is 46.4 Å². The van der Waals surface area contributed by atoms with Gasteiger partial charge in [-0.15, -0.1) is 0 Å². The van der Waals surface area contributed by atoms with E-state index in [0.29, 0.717) is 28.6 Å². The van der Waals surface area contributed by atoms with Gasteiger partial charge in [0, 0.05) is 17.2 Å². The molecule has 0 aliphatic carbocycles. The summed E-state index contributed by atoms with van der Waals surface area (Å²) >= 11 is 6.06. The number of hydrogen-bond donors (Lipinski definition) is 2. The number of carboxylic acids is 1. The Bertz CT molecular complexity index is 841. The molecule has 0 radical (unpaired) electrons. The maximum absolute atomic E-state index is 12.7. The van der Waals surface area contributed by atoms with Crippen LogP contribution in [0.25, 0.3) is 0 Å². The first-order valence-corrected chi connectivity index (χ1v) is 8.96. The van der Waals surface area contributed by atoms with E-state index in [1.54, 1.807) is 25.1 Å². The molecule has 2 N–H and O–H groups in total. The van der Waals surface area contributed by atoms with E-state index in [2.05, 4.69) is 5.32 Å². The van der Waals surface area contributed by atoms with Crippen molar-refractivity contribution in [2.24, 2.45) is 0 Å². The van der Waals surface area contributed by atoms with Crippen molar-refractivity contribution in [2.75, 3.05) is 18.5 Å². The van der Waals surface area contributed by atoms with Crippen LogP contribution in [0.4, 0.5) is 5.69 Å². The molecule has 3 rings (SSSR count). The fraction of sp³-hybridized carbons (Fsp3) is 0.368. The van der Waals surface area contributed by atoms with Crippen molar-refractivity contribution in [1.29, 1.82) is 0 Å². The third kappa shape index (κ3) is 4.81. The molecule has 1 fully saturated rings. The molecule has 2 aromatic rings. The highest BCUT2D eigenvalue weighted by molar-refractivity contribution is 6.31. The summed E-state index contributed by atoms with van der Waals surface area (Å²) in [4.78, 5) is 23.7. The van der Waals surface area contributed by atoms with Crippen molar-refractivity contribution in [1.82, 2.24) is 0 Å². The topological polar surface area (TPSA) is 98.0 Å². The van der Waals surface area contributed by atoms with Gasteiger partial charge >= 0.3 is 5.97 Å². The predicted octanol–water partition coefficient (Wildman–Crippen LogP) is 3.68. The molecule has 144 valence electrons. The SMILES string of the molecule is Cc1coc(CC(=O)O)c1C(=O)Nc1cc(Cl)ccc1OCC1CCCO1. The van der Waals surface area contributed by atoms with E-state index in [4.69, 9.17) is 30.6 Å². The molecule has 1 amide bonds. The van der Waals surface area contributed by atoms with Crippen LogP contribution in [0, 0.1) is 6.92 Å². The van der Waals surface area contributed by atoms with Crippen molar-refractivity contribution in [2.45, 2.75) is 32.3 Å². The van der Waals surface area contributed by atoms with Crippen molar-refractivity contribution in [3.63, 3.8) is 0 Å². The Kier molecular flexibility index (Phi) is 6.03. The number of rotatable bonds is 7. The molecular weight excluding hydrogens is 374 g/mol. The molecule has 1 unspecified atom stereocenters. The van der Waals surface area contributed by atoms with Crippen molar-refractivity contribution < 1.29 is 28.6 Å². The summed E-state index contributed by atoms with van der Waals surface area (Å²) in [6.07, 6.45) is 2.95. The largest absolute Gasteiger partial charge is 0.489 e. The number of benzene rings is 1. The molecule has 2 heterocycles. The maximum atomic E-state index is 12.7. The van der Waals surface area contributed by atoms with Gasteiger partial charge in [-0.2, -0.15) is 0 Å². The average Bonchev–Trinajstić information content (AvgIpc) is 3.23.